The SMILES string of the molecule is Nc1nc(N2CCN(C(=O)Nc3ccc(Cl)cc3)CC2)c2cc(-c3ccccc3)sc2n1. The van der Waals surface area contributed by atoms with Crippen LogP contribution in [0.1, 0.15) is 0 Å². The maximum atomic E-state index is 12.6. The number of nitrogens with two attached hydrogens (primary N) is 1. The molecule has 1 aliphatic heterocycles. The molecule has 0 saturated carbocycles. The van der Waals surface area contributed by atoms with E-state index in [1.807, 2.05) is 18.2 Å². The number of urea groups is 1. The second-order valence-corrected chi connectivity index (χ2v) is 8.98. The maximum absolute atomic E-state index is 12.6. The van der Waals surface area contributed by atoms with Gasteiger partial charge in [-0.15, -0.1) is 11.3 Å². The summed E-state index contributed by atoms with van der Waals surface area (Å²) in [5.74, 6) is 1.08. The van der Waals surface area contributed by atoms with Crippen LogP contribution in [-0.2, 0) is 0 Å². The highest BCUT2D eigenvalue weighted by Gasteiger charge is 2.24. The Bertz CT molecular complexity index is 1250. The van der Waals surface area contributed by atoms with Crippen LogP contribution in [0.2, 0.25) is 5.02 Å². The third-order valence-corrected chi connectivity index (χ3v) is 6.74. The second kappa shape index (κ2) is 8.64. The smallest absolute Gasteiger partial charge is 0.321 e. The van der Waals surface area contributed by atoms with Gasteiger partial charge in [-0.1, -0.05) is 41.9 Å². The van der Waals surface area contributed by atoms with Crippen LogP contribution >= 0.6 is 22.9 Å². The number of hydrogen-bond donors (Lipinski definition) is 2. The number of benzene rings is 2. The Morgan fingerprint density at radius 1 is 1.00 bits per heavy atom. The molecule has 2 amide bonds. The molecule has 0 bridgehead atoms. The molecule has 7 nitrogen and oxygen atoms in total. The van der Waals surface area contributed by atoms with E-state index in [1.54, 1.807) is 40.5 Å². The number of halogens is 1. The molecular weight excluding hydrogens is 444 g/mol. The number of rotatable bonds is 3. The first-order valence-electron chi connectivity index (χ1n) is 10.3. The molecule has 32 heavy (non-hydrogen) atoms. The molecular formula is C23H21ClN6OS. The Kier molecular flexibility index (Phi) is 5.55. The lowest BCUT2D eigenvalue weighted by molar-refractivity contribution is 0.208. The van der Waals surface area contributed by atoms with Crippen molar-refractivity contribution in [1.29, 1.82) is 0 Å². The van der Waals surface area contributed by atoms with Gasteiger partial charge >= 0.3 is 6.03 Å². The van der Waals surface area contributed by atoms with E-state index in [-0.39, 0.29) is 12.0 Å². The van der Waals surface area contributed by atoms with Gasteiger partial charge in [-0.05, 0) is 35.9 Å². The Morgan fingerprint density at radius 3 is 2.44 bits per heavy atom. The van der Waals surface area contributed by atoms with Crippen LogP contribution in [0.4, 0.5) is 22.2 Å². The molecule has 1 fully saturated rings. The van der Waals surface area contributed by atoms with Crippen LogP contribution < -0.4 is 16.0 Å². The summed E-state index contributed by atoms with van der Waals surface area (Å²) in [6.07, 6.45) is 0. The fraction of sp³-hybridized carbons (Fsp3) is 0.174. The number of fused-ring (bicyclic) bond motifs is 1. The molecule has 1 saturated heterocycles. The summed E-state index contributed by atoms with van der Waals surface area (Å²) in [4.78, 5) is 27.6. The molecule has 0 atom stereocenters. The second-order valence-electron chi connectivity index (χ2n) is 7.51. The van der Waals surface area contributed by atoms with Gasteiger partial charge in [-0.3, -0.25) is 0 Å². The van der Waals surface area contributed by atoms with Crippen LogP contribution in [-0.4, -0.2) is 47.1 Å². The van der Waals surface area contributed by atoms with E-state index in [4.69, 9.17) is 17.3 Å². The Balaban J connectivity index is 1.33. The molecule has 4 aromatic rings. The van der Waals surface area contributed by atoms with E-state index in [0.29, 0.717) is 31.2 Å². The van der Waals surface area contributed by atoms with Gasteiger partial charge in [0.05, 0.1) is 5.39 Å². The van der Waals surface area contributed by atoms with E-state index in [0.717, 1.165) is 32.2 Å². The molecule has 2 aromatic carbocycles. The number of aromatic nitrogens is 2. The Hall–Kier alpha value is -3.36. The van der Waals surface area contributed by atoms with Gasteiger partial charge in [0.2, 0.25) is 5.95 Å². The number of amides is 2. The first kappa shape index (κ1) is 20.5. The fourth-order valence-corrected chi connectivity index (χ4v) is 4.93. The highest BCUT2D eigenvalue weighted by molar-refractivity contribution is 7.22. The number of hydrogen-bond acceptors (Lipinski definition) is 6. The lowest BCUT2D eigenvalue weighted by atomic mass is 10.2. The standard InChI is InChI=1S/C23H21ClN6OS/c24-16-6-8-17(9-7-16)26-23(31)30-12-10-29(11-13-30)20-18-14-19(15-4-2-1-3-5-15)32-21(18)28-22(25)27-20/h1-9,14H,10-13H2,(H,26,31)(H2,25,27,28). The number of carbonyl (C=O) groups is 1. The van der Waals surface area contributed by atoms with Gasteiger partial charge in [-0.2, -0.15) is 4.98 Å². The highest BCUT2D eigenvalue weighted by atomic mass is 35.5. The molecule has 5 rings (SSSR count). The van der Waals surface area contributed by atoms with Crippen LogP contribution in [0.15, 0.2) is 60.7 Å². The zero-order chi connectivity index (χ0) is 22.1. The monoisotopic (exact) mass is 464 g/mol. The van der Waals surface area contributed by atoms with E-state index in [2.05, 4.69) is 38.4 Å². The fourth-order valence-electron chi connectivity index (χ4n) is 3.77. The minimum atomic E-state index is -0.124. The third-order valence-electron chi connectivity index (χ3n) is 5.41. The Labute approximate surface area is 194 Å². The van der Waals surface area contributed by atoms with Gasteiger partial charge in [0.15, 0.2) is 0 Å². The first-order chi connectivity index (χ1) is 15.6. The van der Waals surface area contributed by atoms with Gasteiger partial charge in [0.1, 0.15) is 10.6 Å². The van der Waals surface area contributed by atoms with Crippen molar-refractivity contribution in [1.82, 2.24) is 14.9 Å². The molecule has 0 unspecified atom stereocenters. The molecule has 3 heterocycles. The number of nitrogen functional groups attached to an aromatic ring is 1. The van der Waals surface area contributed by atoms with Crippen molar-refractivity contribution in [2.75, 3.05) is 42.1 Å². The number of thiophene rings is 1. The highest BCUT2D eigenvalue weighted by Crippen LogP contribution is 2.37. The van der Waals surface area contributed by atoms with Crippen LogP contribution in [0, 0.1) is 0 Å². The quantitative estimate of drug-likeness (QED) is 0.448. The lowest BCUT2D eigenvalue weighted by Crippen LogP contribution is -2.50. The maximum Gasteiger partial charge on any atom is 0.321 e. The van der Waals surface area contributed by atoms with Crippen LogP contribution in [0.5, 0.6) is 0 Å². The molecule has 9 heteroatoms. The number of piperazine rings is 1. The van der Waals surface area contributed by atoms with E-state index in [9.17, 15) is 4.79 Å². The van der Waals surface area contributed by atoms with Gasteiger partial charge in [-0.25, -0.2) is 9.78 Å². The zero-order valence-corrected chi connectivity index (χ0v) is 18.7. The van der Waals surface area contributed by atoms with Crippen molar-refractivity contribution in [3.8, 4) is 10.4 Å². The first-order valence-corrected chi connectivity index (χ1v) is 11.5. The van der Waals surface area contributed by atoms with E-state index in [1.165, 1.54) is 0 Å². The zero-order valence-electron chi connectivity index (χ0n) is 17.2. The Morgan fingerprint density at radius 2 is 1.72 bits per heavy atom. The van der Waals surface area contributed by atoms with Crippen molar-refractivity contribution in [2.45, 2.75) is 0 Å². The largest absolute Gasteiger partial charge is 0.368 e. The predicted octanol–water partition coefficient (Wildman–Crippen LogP) is 4.95. The molecule has 0 radical (unpaired) electrons. The lowest BCUT2D eigenvalue weighted by Gasteiger charge is -2.35. The number of nitrogens with one attached hydrogen (secondary N) is 1. The molecule has 0 aliphatic carbocycles. The molecule has 0 spiro atoms. The van der Waals surface area contributed by atoms with Crippen molar-refractivity contribution >= 4 is 56.6 Å². The summed E-state index contributed by atoms with van der Waals surface area (Å²) in [6, 6.07) is 19.3. The van der Waals surface area contributed by atoms with Crippen molar-refractivity contribution in [3.05, 3.63) is 65.7 Å². The van der Waals surface area contributed by atoms with Gasteiger partial charge < -0.3 is 20.9 Å². The topological polar surface area (TPSA) is 87.4 Å². The number of carbonyl (C=O) groups excluding carboxylic acids is 1. The molecule has 2 aromatic heterocycles. The summed E-state index contributed by atoms with van der Waals surface area (Å²) in [6.45, 7) is 2.49. The normalized spacial score (nSPS) is 14.0. The van der Waals surface area contributed by atoms with Crippen LogP contribution in [0.3, 0.4) is 0 Å². The average molecular weight is 465 g/mol. The van der Waals surface area contributed by atoms with Gasteiger partial charge in [0.25, 0.3) is 0 Å². The summed E-state index contributed by atoms with van der Waals surface area (Å²) in [5, 5.41) is 4.54. The number of anilines is 3. The molecule has 162 valence electrons. The molecule has 1 aliphatic rings. The van der Waals surface area contributed by atoms with Gasteiger partial charge in [0, 0.05) is 41.8 Å². The minimum Gasteiger partial charge on any atom is -0.368 e. The summed E-state index contributed by atoms with van der Waals surface area (Å²) < 4.78 is 0. The van der Waals surface area contributed by atoms with Crippen molar-refractivity contribution in [2.24, 2.45) is 0 Å². The van der Waals surface area contributed by atoms with E-state index >= 15 is 0 Å². The molecule has 3 N–H and O–H groups in total. The van der Waals surface area contributed by atoms with Crippen LogP contribution in [0.25, 0.3) is 20.7 Å². The summed E-state index contributed by atoms with van der Waals surface area (Å²) in [7, 11) is 0. The average Bonchev–Trinajstić information content (AvgIpc) is 3.25. The summed E-state index contributed by atoms with van der Waals surface area (Å²) >= 11 is 7.52. The van der Waals surface area contributed by atoms with E-state index < -0.39 is 0 Å². The van der Waals surface area contributed by atoms with Crippen molar-refractivity contribution in [3.63, 3.8) is 0 Å². The number of nitrogens with zero attached hydrogens (tertiary/aromatic N) is 4. The predicted molar refractivity (Wildman–Crippen MR) is 132 cm³/mol. The minimum absolute atomic E-state index is 0.124. The summed E-state index contributed by atoms with van der Waals surface area (Å²) in [5.41, 5.74) is 7.89. The van der Waals surface area contributed by atoms with Crippen molar-refractivity contribution < 1.29 is 4.79 Å². The third kappa shape index (κ3) is 4.19.